The van der Waals surface area contributed by atoms with E-state index in [1.165, 1.54) is 0 Å². The largest absolute Gasteiger partial charge is 0.508 e. The van der Waals surface area contributed by atoms with Gasteiger partial charge >= 0.3 is 0 Å². The molecule has 1 aromatic carbocycles. The third-order valence-electron chi connectivity index (χ3n) is 3.04. The van der Waals surface area contributed by atoms with E-state index in [-0.39, 0.29) is 18.2 Å². The lowest BCUT2D eigenvalue weighted by molar-refractivity contribution is 0.106. The van der Waals surface area contributed by atoms with Crippen LogP contribution in [0.5, 0.6) is 5.75 Å². The third-order valence-corrected chi connectivity index (χ3v) is 3.04. The van der Waals surface area contributed by atoms with Crippen molar-refractivity contribution in [2.24, 2.45) is 0 Å². The van der Waals surface area contributed by atoms with Gasteiger partial charge in [-0.3, -0.25) is 0 Å². The van der Waals surface area contributed by atoms with Crippen LogP contribution in [0, 0.1) is 0 Å². The number of aliphatic hydroxyl groups excluding tert-OH is 1. The number of phenols is 1. The molecule has 4 heteroatoms. The smallest absolute Gasteiger partial charge is 0.120 e. The van der Waals surface area contributed by atoms with Crippen LogP contribution in [0.4, 0.5) is 0 Å². The lowest BCUT2D eigenvalue weighted by Crippen LogP contribution is -2.41. The number of para-hydroxylation sites is 1. The highest BCUT2D eigenvalue weighted by molar-refractivity contribution is 5.85. The number of aliphatic hydroxyl groups is 1. The highest BCUT2D eigenvalue weighted by Gasteiger charge is 2.40. The second-order valence-corrected chi connectivity index (χ2v) is 3.95. The molecule has 0 amide bonds. The van der Waals surface area contributed by atoms with Crippen molar-refractivity contribution in [2.45, 2.75) is 25.0 Å². The van der Waals surface area contributed by atoms with E-state index in [2.05, 4.69) is 5.32 Å². The Morgan fingerprint density at radius 3 is 2.60 bits per heavy atom. The third kappa shape index (κ3) is 1.95. The van der Waals surface area contributed by atoms with E-state index >= 15 is 0 Å². The molecule has 0 spiro atoms. The molecule has 0 saturated carbocycles. The van der Waals surface area contributed by atoms with Crippen molar-refractivity contribution in [1.29, 1.82) is 0 Å². The average Bonchev–Trinajstić information content (AvgIpc) is 2.49. The van der Waals surface area contributed by atoms with Gasteiger partial charge in [0.1, 0.15) is 5.75 Å². The highest BCUT2D eigenvalue weighted by Crippen LogP contribution is 2.35. The molecule has 3 nitrogen and oxygen atoms in total. The molecule has 15 heavy (non-hydrogen) atoms. The lowest BCUT2D eigenvalue weighted by atomic mass is 9.87. The number of nitrogens with one attached hydrogen (secondary N) is 1. The summed E-state index contributed by atoms with van der Waals surface area (Å²) in [6.45, 7) is 2.70. The zero-order valence-corrected chi connectivity index (χ0v) is 9.42. The molecular weight excluding hydrogens is 214 g/mol. The maximum Gasteiger partial charge on any atom is 0.120 e. The van der Waals surface area contributed by atoms with Crippen LogP contribution in [0.3, 0.4) is 0 Å². The van der Waals surface area contributed by atoms with Crippen LogP contribution in [0.1, 0.15) is 18.9 Å². The fourth-order valence-electron chi connectivity index (χ4n) is 2.06. The zero-order valence-electron chi connectivity index (χ0n) is 8.60. The Morgan fingerprint density at radius 1 is 1.40 bits per heavy atom. The van der Waals surface area contributed by atoms with Gasteiger partial charge in [0.25, 0.3) is 0 Å². The van der Waals surface area contributed by atoms with Crippen molar-refractivity contribution in [3.05, 3.63) is 29.8 Å². The van der Waals surface area contributed by atoms with Crippen LogP contribution in [-0.2, 0) is 5.54 Å². The molecule has 2 rings (SSSR count). The molecule has 0 radical (unpaired) electrons. The number of phenolic OH excluding ortho intramolecular Hbond substituents is 1. The van der Waals surface area contributed by atoms with Crippen molar-refractivity contribution >= 4 is 12.4 Å². The molecule has 1 fully saturated rings. The van der Waals surface area contributed by atoms with Crippen molar-refractivity contribution in [1.82, 2.24) is 5.32 Å². The first-order valence-electron chi connectivity index (χ1n) is 4.86. The van der Waals surface area contributed by atoms with Crippen LogP contribution in [0.25, 0.3) is 0 Å². The first-order valence-corrected chi connectivity index (χ1v) is 4.86. The number of aromatic hydroxyl groups is 1. The first kappa shape index (κ1) is 12.3. The standard InChI is InChI=1S/C11H15NO2.ClH/c1-11(10(14)6-7-12-11)8-4-2-3-5-9(8)13;/h2-5,10,12-14H,6-7H2,1H3;1H. The van der Waals surface area contributed by atoms with Crippen molar-refractivity contribution in [3.8, 4) is 5.75 Å². The normalized spacial score (nSPS) is 29.9. The van der Waals surface area contributed by atoms with Gasteiger partial charge in [0.15, 0.2) is 0 Å². The minimum Gasteiger partial charge on any atom is -0.508 e. The summed E-state index contributed by atoms with van der Waals surface area (Å²) >= 11 is 0. The van der Waals surface area contributed by atoms with Crippen LogP contribution >= 0.6 is 12.4 Å². The fourth-order valence-corrected chi connectivity index (χ4v) is 2.06. The Hall–Kier alpha value is -0.770. The molecule has 84 valence electrons. The summed E-state index contributed by atoms with van der Waals surface area (Å²) < 4.78 is 0. The van der Waals surface area contributed by atoms with Gasteiger partial charge < -0.3 is 15.5 Å². The van der Waals surface area contributed by atoms with Gasteiger partial charge in [-0.2, -0.15) is 0 Å². The Bertz CT molecular complexity index is 345. The van der Waals surface area contributed by atoms with Gasteiger partial charge in [-0.25, -0.2) is 0 Å². The number of halogens is 1. The highest BCUT2D eigenvalue weighted by atomic mass is 35.5. The summed E-state index contributed by atoms with van der Waals surface area (Å²) in [5, 5.41) is 22.8. The molecule has 0 bridgehead atoms. The topological polar surface area (TPSA) is 52.5 Å². The second-order valence-electron chi connectivity index (χ2n) is 3.95. The van der Waals surface area contributed by atoms with Gasteiger partial charge in [-0.1, -0.05) is 18.2 Å². The van der Waals surface area contributed by atoms with Crippen LogP contribution in [-0.4, -0.2) is 22.9 Å². The minimum atomic E-state index is -0.509. The Morgan fingerprint density at radius 2 is 2.07 bits per heavy atom. The zero-order chi connectivity index (χ0) is 10.2. The lowest BCUT2D eigenvalue weighted by Gasteiger charge is -2.29. The summed E-state index contributed by atoms with van der Waals surface area (Å²) in [5.74, 6) is 0.239. The fraction of sp³-hybridized carbons (Fsp3) is 0.455. The van der Waals surface area contributed by atoms with E-state index in [0.717, 1.165) is 18.5 Å². The predicted molar refractivity (Wildman–Crippen MR) is 61.3 cm³/mol. The van der Waals surface area contributed by atoms with Crippen LogP contribution in [0.2, 0.25) is 0 Å². The molecule has 1 aliphatic heterocycles. The van der Waals surface area contributed by atoms with Crippen LogP contribution < -0.4 is 5.32 Å². The molecule has 2 atom stereocenters. The van der Waals surface area contributed by atoms with E-state index in [1.54, 1.807) is 12.1 Å². The molecule has 1 heterocycles. The summed E-state index contributed by atoms with van der Waals surface area (Å²) in [6, 6.07) is 7.14. The summed E-state index contributed by atoms with van der Waals surface area (Å²) in [7, 11) is 0. The molecule has 3 N–H and O–H groups in total. The summed E-state index contributed by atoms with van der Waals surface area (Å²) in [5.41, 5.74) is 0.260. The SMILES string of the molecule is CC1(c2ccccc2O)NCCC1O.Cl. The molecule has 0 aliphatic carbocycles. The van der Waals surface area contributed by atoms with E-state index < -0.39 is 11.6 Å². The summed E-state index contributed by atoms with van der Waals surface area (Å²) in [6.07, 6.45) is 0.293. The first-order chi connectivity index (χ1) is 6.64. The number of benzene rings is 1. The van der Waals surface area contributed by atoms with E-state index in [1.807, 2.05) is 19.1 Å². The number of hydrogen-bond acceptors (Lipinski definition) is 3. The molecule has 1 saturated heterocycles. The second kappa shape index (κ2) is 4.39. The predicted octanol–water partition coefficient (Wildman–Crippen LogP) is 1.38. The monoisotopic (exact) mass is 229 g/mol. The van der Waals surface area contributed by atoms with E-state index in [9.17, 15) is 10.2 Å². The van der Waals surface area contributed by atoms with Crippen molar-refractivity contribution < 1.29 is 10.2 Å². The van der Waals surface area contributed by atoms with Gasteiger partial charge in [0, 0.05) is 5.56 Å². The molecule has 1 aromatic rings. The quantitative estimate of drug-likeness (QED) is 0.682. The van der Waals surface area contributed by atoms with Crippen molar-refractivity contribution in [3.63, 3.8) is 0 Å². The Labute approximate surface area is 95.5 Å². The maximum atomic E-state index is 9.85. The minimum absolute atomic E-state index is 0. The van der Waals surface area contributed by atoms with E-state index in [4.69, 9.17) is 0 Å². The number of hydrogen-bond donors (Lipinski definition) is 3. The number of rotatable bonds is 1. The van der Waals surface area contributed by atoms with Gasteiger partial charge in [0.05, 0.1) is 11.6 Å². The Balaban J connectivity index is 0.00000112. The Kier molecular flexibility index (Phi) is 3.60. The average molecular weight is 230 g/mol. The molecule has 0 aromatic heterocycles. The molecule has 1 aliphatic rings. The van der Waals surface area contributed by atoms with Gasteiger partial charge in [-0.05, 0) is 26.0 Å². The van der Waals surface area contributed by atoms with E-state index in [0.29, 0.717) is 0 Å². The molecule has 2 unspecified atom stereocenters. The van der Waals surface area contributed by atoms with Crippen molar-refractivity contribution in [2.75, 3.05) is 6.54 Å². The van der Waals surface area contributed by atoms with Gasteiger partial charge in [0.2, 0.25) is 0 Å². The van der Waals surface area contributed by atoms with Gasteiger partial charge in [-0.15, -0.1) is 12.4 Å². The summed E-state index contributed by atoms with van der Waals surface area (Å²) in [4.78, 5) is 0. The maximum absolute atomic E-state index is 9.85. The van der Waals surface area contributed by atoms with Crippen LogP contribution in [0.15, 0.2) is 24.3 Å². The molecular formula is C11H16ClNO2.